The van der Waals surface area contributed by atoms with Crippen molar-refractivity contribution in [2.45, 2.75) is 70.8 Å². The summed E-state index contributed by atoms with van der Waals surface area (Å²) >= 11 is 1.54. The summed E-state index contributed by atoms with van der Waals surface area (Å²) in [5.41, 5.74) is 4.93. The number of imidazole rings is 1. The molecule has 0 spiro atoms. The highest BCUT2D eigenvalue weighted by Crippen LogP contribution is 2.32. The van der Waals surface area contributed by atoms with Crippen LogP contribution in [0.15, 0.2) is 23.4 Å². The summed E-state index contributed by atoms with van der Waals surface area (Å²) in [6, 6.07) is 5.71. The lowest BCUT2D eigenvalue weighted by molar-refractivity contribution is -0.116. The summed E-state index contributed by atoms with van der Waals surface area (Å²) in [4.78, 5) is 31.2. The molecule has 0 radical (unpaired) electrons. The summed E-state index contributed by atoms with van der Waals surface area (Å²) in [6.07, 6.45) is 3.03. The summed E-state index contributed by atoms with van der Waals surface area (Å²) in [5, 5.41) is 0.707. The Labute approximate surface area is 171 Å². The molecule has 1 unspecified atom stereocenters. The SMILES string of the molecule is CCCCn1c(SC(C)C(=O)c2ccc3c(c2)CCN3C(C)=O)nc(C)c1C. The molecule has 28 heavy (non-hydrogen) atoms. The monoisotopic (exact) mass is 399 g/mol. The molecule has 0 fully saturated rings. The topological polar surface area (TPSA) is 55.2 Å². The van der Waals surface area contributed by atoms with Crippen LogP contribution in [0.5, 0.6) is 0 Å². The van der Waals surface area contributed by atoms with Gasteiger partial charge in [0, 0.05) is 37.0 Å². The molecular weight excluding hydrogens is 370 g/mol. The van der Waals surface area contributed by atoms with E-state index >= 15 is 0 Å². The van der Waals surface area contributed by atoms with Gasteiger partial charge in [-0.25, -0.2) is 4.98 Å². The van der Waals surface area contributed by atoms with Gasteiger partial charge in [0.15, 0.2) is 10.9 Å². The molecule has 0 saturated heterocycles. The van der Waals surface area contributed by atoms with Gasteiger partial charge in [0.25, 0.3) is 0 Å². The van der Waals surface area contributed by atoms with Crippen LogP contribution in [0.4, 0.5) is 5.69 Å². The van der Waals surface area contributed by atoms with E-state index in [2.05, 4.69) is 18.4 Å². The fourth-order valence-electron chi connectivity index (χ4n) is 3.62. The number of hydrogen-bond donors (Lipinski definition) is 0. The molecule has 0 N–H and O–H groups in total. The number of amides is 1. The van der Waals surface area contributed by atoms with Crippen molar-refractivity contribution in [3.05, 3.63) is 40.7 Å². The molecule has 1 aromatic heterocycles. The van der Waals surface area contributed by atoms with Gasteiger partial charge in [-0.05, 0) is 57.4 Å². The fourth-order valence-corrected chi connectivity index (χ4v) is 4.73. The van der Waals surface area contributed by atoms with Gasteiger partial charge in [0.05, 0.1) is 10.9 Å². The number of aryl methyl sites for hydroxylation is 1. The van der Waals surface area contributed by atoms with Crippen LogP contribution in [-0.4, -0.2) is 33.0 Å². The third kappa shape index (κ3) is 4.02. The largest absolute Gasteiger partial charge is 0.323 e. The van der Waals surface area contributed by atoms with Crippen molar-refractivity contribution in [3.63, 3.8) is 0 Å². The summed E-state index contributed by atoms with van der Waals surface area (Å²) in [6.45, 7) is 11.5. The first kappa shape index (κ1) is 20.6. The molecule has 6 heteroatoms. The van der Waals surface area contributed by atoms with E-state index in [0.29, 0.717) is 12.1 Å². The van der Waals surface area contributed by atoms with Crippen molar-refractivity contribution in [3.8, 4) is 0 Å². The van der Waals surface area contributed by atoms with Crippen molar-refractivity contribution >= 4 is 29.1 Å². The van der Waals surface area contributed by atoms with Crippen molar-refractivity contribution < 1.29 is 9.59 Å². The summed E-state index contributed by atoms with van der Waals surface area (Å²) < 4.78 is 2.24. The van der Waals surface area contributed by atoms with Crippen LogP contribution in [0.25, 0.3) is 0 Å². The second-order valence-corrected chi connectivity index (χ2v) is 8.77. The summed E-state index contributed by atoms with van der Waals surface area (Å²) in [7, 11) is 0. The first-order chi connectivity index (χ1) is 13.3. The number of benzene rings is 1. The Morgan fingerprint density at radius 3 is 2.71 bits per heavy atom. The van der Waals surface area contributed by atoms with Crippen LogP contribution >= 0.6 is 11.8 Å². The van der Waals surface area contributed by atoms with Gasteiger partial charge in [0.2, 0.25) is 5.91 Å². The van der Waals surface area contributed by atoms with E-state index in [1.165, 1.54) is 17.5 Å². The lowest BCUT2D eigenvalue weighted by Crippen LogP contribution is -2.25. The van der Waals surface area contributed by atoms with E-state index in [9.17, 15) is 9.59 Å². The van der Waals surface area contributed by atoms with Crippen molar-refractivity contribution in [1.29, 1.82) is 0 Å². The van der Waals surface area contributed by atoms with Crippen LogP contribution in [0.3, 0.4) is 0 Å². The molecule has 2 heterocycles. The minimum absolute atomic E-state index is 0.0476. The van der Waals surface area contributed by atoms with Crippen molar-refractivity contribution in [2.75, 3.05) is 11.4 Å². The number of unbranched alkanes of at least 4 members (excludes halogenated alkanes) is 1. The Balaban J connectivity index is 1.77. The average molecular weight is 400 g/mol. The van der Waals surface area contributed by atoms with E-state index in [1.807, 2.05) is 32.0 Å². The zero-order chi connectivity index (χ0) is 20.4. The molecule has 5 nitrogen and oxygen atoms in total. The maximum atomic E-state index is 13.0. The second-order valence-electron chi connectivity index (χ2n) is 7.46. The molecule has 2 aromatic rings. The lowest BCUT2D eigenvalue weighted by Gasteiger charge is -2.16. The minimum Gasteiger partial charge on any atom is -0.323 e. The quantitative estimate of drug-likeness (QED) is 0.505. The minimum atomic E-state index is -0.218. The molecule has 1 aliphatic heterocycles. The molecule has 0 bridgehead atoms. The first-order valence-electron chi connectivity index (χ1n) is 9.99. The fraction of sp³-hybridized carbons (Fsp3) is 0.500. The molecule has 1 atom stereocenters. The maximum Gasteiger partial charge on any atom is 0.223 e. The maximum absolute atomic E-state index is 13.0. The standard InChI is InChI=1S/C22H29N3O2S/c1-6-7-11-24-15(3)14(2)23-22(24)28-16(4)21(27)19-8-9-20-18(13-19)10-12-25(20)17(5)26/h8-9,13,16H,6-7,10-12H2,1-5H3. The number of hydrogen-bond acceptors (Lipinski definition) is 4. The molecule has 1 aliphatic rings. The van der Waals surface area contributed by atoms with Gasteiger partial charge < -0.3 is 9.47 Å². The highest BCUT2D eigenvalue weighted by molar-refractivity contribution is 8.00. The molecule has 0 aliphatic carbocycles. The number of thioether (sulfide) groups is 1. The zero-order valence-corrected chi connectivity index (χ0v) is 18.2. The highest BCUT2D eigenvalue weighted by atomic mass is 32.2. The number of anilines is 1. The Hall–Kier alpha value is -2.08. The van der Waals surface area contributed by atoms with Gasteiger partial charge in [-0.1, -0.05) is 25.1 Å². The van der Waals surface area contributed by atoms with Crippen molar-refractivity contribution in [2.24, 2.45) is 0 Å². The second kappa shape index (κ2) is 8.52. The normalized spacial score (nSPS) is 14.2. The zero-order valence-electron chi connectivity index (χ0n) is 17.4. The molecule has 1 aromatic carbocycles. The number of nitrogens with zero attached hydrogens (tertiary/aromatic N) is 3. The van der Waals surface area contributed by atoms with Crippen LogP contribution in [0.1, 0.15) is 60.9 Å². The molecule has 150 valence electrons. The Bertz CT molecular complexity index is 903. The number of aromatic nitrogens is 2. The number of ketones is 1. The van der Waals surface area contributed by atoms with Crippen LogP contribution < -0.4 is 4.90 Å². The number of carbonyl (C=O) groups excluding carboxylic acids is 2. The van der Waals surface area contributed by atoms with Gasteiger partial charge in [-0.15, -0.1) is 0 Å². The van der Waals surface area contributed by atoms with Gasteiger partial charge >= 0.3 is 0 Å². The molecule has 3 rings (SSSR count). The van der Waals surface area contributed by atoms with Gasteiger partial charge in [-0.3, -0.25) is 9.59 Å². The van der Waals surface area contributed by atoms with E-state index < -0.39 is 0 Å². The first-order valence-corrected chi connectivity index (χ1v) is 10.9. The van der Waals surface area contributed by atoms with E-state index in [1.54, 1.807) is 11.8 Å². The Morgan fingerprint density at radius 2 is 2.04 bits per heavy atom. The molecule has 1 amide bonds. The van der Waals surface area contributed by atoms with Gasteiger partial charge in [0.1, 0.15) is 0 Å². The van der Waals surface area contributed by atoms with E-state index in [0.717, 1.165) is 47.9 Å². The Kier molecular flexibility index (Phi) is 6.28. The van der Waals surface area contributed by atoms with Crippen LogP contribution in [0, 0.1) is 13.8 Å². The van der Waals surface area contributed by atoms with E-state index in [-0.39, 0.29) is 16.9 Å². The predicted molar refractivity (Wildman–Crippen MR) is 114 cm³/mol. The number of Topliss-reactive ketones (excluding diaryl/α,β-unsaturated/α-hetero) is 1. The molecule has 0 saturated carbocycles. The lowest BCUT2D eigenvalue weighted by atomic mass is 10.0. The third-order valence-corrected chi connectivity index (χ3v) is 6.54. The van der Waals surface area contributed by atoms with E-state index in [4.69, 9.17) is 4.98 Å². The molecular formula is C22H29N3O2S. The Morgan fingerprint density at radius 1 is 1.29 bits per heavy atom. The number of fused-ring (bicyclic) bond motifs is 1. The third-order valence-electron chi connectivity index (χ3n) is 5.45. The van der Waals surface area contributed by atoms with Gasteiger partial charge in [-0.2, -0.15) is 0 Å². The van der Waals surface area contributed by atoms with Crippen LogP contribution in [0.2, 0.25) is 0 Å². The average Bonchev–Trinajstić information content (AvgIpc) is 3.20. The van der Waals surface area contributed by atoms with Crippen LogP contribution in [-0.2, 0) is 17.8 Å². The number of carbonyl (C=O) groups is 2. The van der Waals surface area contributed by atoms with Crippen molar-refractivity contribution in [1.82, 2.24) is 9.55 Å². The smallest absolute Gasteiger partial charge is 0.223 e. The summed E-state index contributed by atoms with van der Waals surface area (Å²) in [5.74, 6) is 0.154. The number of rotatable bonds is 7. The highest BCUT2D eigenvalue weighted by Gasteiger charge is 2.25. The predicted octanol–water partition coefficient (Wildman–Crippen LogP) is 4.57.